The molecule has 0 heterocycles. The van der Waals surface area contributed by atoms with E-state index in [1.165, 1.54) is 11.8 Å². The lowest BCUT2D eigenvalue weighted by Gasteiger charge is -2.19. The van der Waals surface area contributed by atoms with Crippen molar-refractivity contribution < 1.29 is 9.90 Å². The molecule has 1 amide bonds. The number of benzene rings is 1. The van der Waals surface area contributed by atoms with Gasteiger partial charge in [-0.05, 0) is 24.1 Å². The lowest BCUT2D eigenvalue weighted by molar-refractivity contribution is -0.119. The molecular formula is C13H17Cl2NO2S. The standard InChI is InChI=1S/C13H17Cl2NO2S/c1-8(2)11(6-17)16-13(18)7-19-12-5-9(14)3-4-10(12)15/h3-5,8,11,17H,6-7H2,1-2H3,(H,16,18). The van der Waals surface area contributed by atoms with Gasteiger partial charge in [0.15, 0.2) is 0 Å². The molecule has 0 radical (unpaired) electrons. The lowest BCUT2D eigenvalue weighted by atomic mass is 10.1. The minimum Gasteiger partial charge on any atom is -0.394 e. The second-order valence-corrected chi connectivity index (χ2v) is 6.32. The van der Waals surface area contributed by atoms with Gasteiger partial charge < -0.3 is 10.4 Å². The first-order valence-corrected chi connectivity index (χ1v) is 7.66. The minimum atomic E-state index is -0.220. The Morgan fingerprint density at radius 3 is 2.68 bits per heavy atom. The summed E-state index contributed by atoms with van der Waals surface area (Å²) in [6.07, 6.45) is 0. The van der Waals surface area contributed by atoms with Crippen LogP contribution in [0.1, 0.15) is 13.8 Å². The quantitative estimate of drug-likeness (QED) is 0.791. The summed E-state index contributed by atoms with van der Waals surface area (Å²) in [5, 5.41) is 13.1. The Labute approximate surface area is 127 Å². The first-order chi connectivity index (χ1) is 8.93. The fraction of sp³-hybridized carbons (Fsp3) is 0.462. The van der Waals surface area contributed by atoms with Crippen LogP contribution >= 0.6 is 35.0 Å². The van der Waals surface area contributed by atoms with E-state index in [-0.39, 0.29) is 30.2 Å². The molecule has 19 heavy (non-hydrogen) atoms. The number of thioether (sulfide) groups is 1. The third-order valence-electron chi connectivity index (χ3n) is 2.60. The fourth-order valence-electron chi connectivity index (χ4n) is 1.40. The largest absolute Gasteiger partial charge is 0.394 e. The molecule has 1 atom stereocenters. The van der Waals surface area contributed by atoms with Gasteiger partial charge in [0, 0.05) is 9.92 Å². The van der Waals surface area contributed by atoms with Crippen LogP contribution in [-0.2, 0) is 4.79 Å². The van der Waals surface area contributed by atoms with Crippen molar-refractivity contribution in [2.24, 2.45) is 5.92 Å². The van der Waals surface area contributed by atoms with Crippen molar-refractivity contribution in [3.8, 4) is 0 Å². The van der Waals surface area contributed by atoms with Crippen LogP contribution in [0.5, 0.6) is 0 Å². The number of amides is 1. The first kappa shape index (κ1) is 16.6. The molecule has 2 N–H and O–H groups in total. The van der Waals surface area contributed by atoms with Crippen molar-refractivity contribution in [1.29, 1.82) is 0 Å². The molecule has 0 aromatic heterocycles. The highest BCUT2D eigenvalue weighted by Gasteiger charge is 2.15. The number of hydrogen-bond donors (Lipinski definition) is 2. The molecule has 3 nitrogen and oxygen atoms in total. The predicted octanol–water partition coefficient (Wildman–Crippen LogP) is 3.22. The average molecular weight is 322 g/mol. The molecule has 0 aliphatic carbocycles. The number of halogens is 2. The molecule has 0 saturated heterocycles. The van der Waals surface area contributed by atoms with Gasteiger partial charge in [-0.15, -0.1) is 11.8 Å². The van der Waals surface area contributed by atoms with Gasteiger partial charge in [0.25, 0.3) is 0 Å². The first-order valence-electron chi connectivity index (χ1n) is 5.92. The van der Waals surface area contributed by atoms with Gasteiger partial charge in [-0.3, -0.25) is 4.79 Å². The Bertz CT molecular complexity index is 441. The molecule has 0 aliphatic rings. The maximum Gasteiger partial charge on any atom is 0.230 e. The van der Waals surface area contributed by atoms with Crippen LogP contribution < -0.4 is 5.32 Å². The van der Waals surface area contributed by atoms with Crippen molar-refractivity contribution in [1.82, 2.24) is 5.32 Å². The van der Waals surface area contributed by atoms with E-state index >= 15 is 0 Å². The molecule has 0 bridgehead atoms. The van der Waals surface area contributed by atoms with Crippen LogP contribution in [0.4, 0.5) is 0 Å². The van der Waals surface area contributed by atoms with Crippen LogP contribution in [0, 0.1) is 5.92 Å². The Kier molecular flexibility index (Phi) is 7.00. The number of carbonyl (C=O) groups is 1. The summed E-state index contributed by atoms with van der Waals surface area (Å²) in [6, 6.07) is 4.92. The van der Waals surface area contributed by atoms with Gasteiger partial charge in [-0.1, -0.05) is 37.0 Å². The third kappa shape index (κ3) is 5.61. The Hall–Kier alpha value is -0.420. The van der Waals surface area contributed by atoms with Crippen LogP contribution in [0.2, 0.25) is 10.0 Å². The van der Waals surface area contributed by atoms with Gasteiger partial charge in [0.1, 0.15) is 0 Å². The molecule has 1 rings (SSSR count). The van der Waals surface area contributed by atoms with E-state index in [1.54, 1.807) is 18.2 Å². The highest BCUT2D eigenvalue weighted by atomic mass is 35.5. The highest BCUT2D eigenvalue weighted by molar-refractivity contribution is 8.00. The Morgan fingerprint density at radius 1 is 1.42 bits per heavy atom. The molecule has 6 heteroatoms. The molecule has 1 unspecified atom stereocenters. The number of aliphatic hydroxyl groups excluding tert-OH is 1. The maximum absolute atomic E-state index is 11.8. The highest BCUT2D eigenvalue weighted by Crippen LogP contribution is 2.29. The number of aliphatic hydroxyl groups is 1. The molecule has 1 aromatic carbocycles. The zero-order chi connectivity index (χ0) is 14.4. The van der Waals surface area contributed by atoms with Gasteiger partial charge in [0.2, 0.25) is 5.91 Å². The zero-order valence-electron chi connectivity index (χ0n) is 10.8. The van der Waals surface area contributed by atoms with Crippen LogP contribution in [0.15, 0.2) is 23.1 Å². The average Bonchev–Trinajstić information content (AvgIpc) is 2.36. The van der Waals surface area contributed by atoms with Crippen molar-refractivity contribution in [3.63, 3.8) is 0 Å². The lowest BCUT2D eigenvalue weighted by Crippen LogP contribution is -2.41. The van der Waals surface area contributed by atoms with Crippen molar-refractivity contribution in [2.75, 3.05) is 12.4 Å². The zero-order valence-corrected chi connectivity index (χ0v) is 13.1. The SMILES string of the molecule is CC(C)C(CO)NC(=O)CSc1cc(Cl)ccc1Cl. The molecule has 0 aliphatic heterocycles. The van der Waals surface area contributed by atoms with Crippen LogP contribution in [0.25, 0.3) is 0 Å². The number of rotatable bonds is 6. The monoisotopic (exact) mass is 321 g/mol. The summed E-state index contributed by atoms with van der Waals surface area (Å²) >= 11 is 13.2. The van der Waals surface area contributed by atoms with Gasteiger partial charge in [-0.25, -0.2) is 0 Å². The summed E-state index contributed by atoms with van der Waals surface area (Å²) in [7, 11) is 0. The summed E-state index contributed by atoms with van der Waals surface area (Å²) in [4.78, 5) is 12.5. The van der Waals surface area contributed by atoms with E-state index in [2.05, 4.69) is 5.32 Å². The molecular weight excluding hydrogens is 305 g/mol. The Balaban J connectivity index is 2.52. The number of carbonyl (C=O) groups excluding carboxylic acids is 1. The minimum absolute atomic E-state index is 0.0635. The smallest absolute Gasteiger partial charge is 0.230 e. The van der Waals surface area contributed by atoms with E-state index < -0.39 is 0 Å². The molecule has 106 valence electrons. The predicted molar refractivity (Wildman–Crippen MR) is 81.0 cm³/mol. The Morgan fingerprint density at radius 2 is 2.11 bits per heavy atom. The normalized spacial score (nSPS) is 12.5. The van der Waals surface area contributed by atoms with Crippen molar-refractivity contribution in [3.05, 3.63) is 28.2 Å². The van der Waals surface area contributed by atoms with E-state index in [0.717, 1.165) is 4.90 Å². The number of hydrogen-bond acceptors (Lipinski definition) is 3. The molecule has 0 spiro atoms. The fourth-order valence-corrected chi connectivity index (χ4v) is 2.71. The second kappa shape index (κ2) is 8.00. The molecule has 0 fully saturated rings. The molecule has 0 saturated carbocycles. The summed E-state index contributed by atoms with van der Waals surface area (Å²) in [5.41, 5.74) is 0. The van der Waals surface area contributed by atoms with Crippen molar-refractivity contribution >= 4 is 40.9 Å². The van der Waals surface area contributed by atoms with Gasteiger partial charge in [0.05, 0.1) is 23.4 Å². The topological polar surface area (TPSA) is 49.3 Å². The summed E-state index contributed by atoms with van der Waals surface area (Å²) < 4.78 is 0. The third-order valence-corrected chi connectivity index (χ3v) is 4.33. The second-order valence-electron chi connectivity index (χ2n) is 4.46. The molecule has 1 aromatic rings. The van der Waals surface area contributed by atoms with Crippen molar-refractivity contribution in [2.45, 2.75) is 24.8 Å². The number of nitrogens with one attached hydrogen (secondary N) is 1. The van der Waals surface area contributed by atoms with E-state index in [1.807, 2.05) is 13.8 Å². The van der Waals surface area contributed by atoms with Crippen LogP contribution in [0.3, 0.4) is 0 Å². The van der Waals surface area contributed by atoms with E-state index in [9.17, 15) is 4.79 Å². The van der Waals surface area contributed by atoms with E-state index in [0.29, 0.717) is 10.0 Å². The van der Waals surface area contributed by atoms with Gasteiger partial charge in [-0.2, -0.15) is 0 Å². The van der Waals surface area contributed by atoms with Gasteiger partial charge >= 0.3 is 0 Å². The maximum atomic E-state index is 11.8. The summed E-state index contributed by atoms with van der Waals surface area (Å²) in [5.74, 6) is 0.297. The summed E-state index contributed by atoms with van der Waals surface area (Å²) in [6.45, 7) is 3.83. The van der Waals surface area contributed by atoms with E-state index in [4.69, 9.17) is 28.3 Å². The van der Waals surface area contributed by atoms with Crippen LogP contribution in [-0.4, -0.2) is 29.4 Å².